The smallest absolute Gasteiger partial charge is 0.126 e. The lowest BCUT2D eigenvalue weighted by Gasteiger charge is -2.09. The molecule has 0 bridgehead atoms. The molecule has 1 aromatic carbocycles. The van der Waals surface area contributed by atoms with Gasteiger partial charge in [0.15, 0.2) is 0 Å². The van der Waals surface area contributed by atoms with Crippen LogP contribution in [0, 0.1) is 5.82 Å². The fourth-order valence-electron chi connectivity index (χ4n) is 1.62. The minimum atomic E-state index is -0.140. The molecule has 0 aromatic heterocycles. The molecule has 84 valence electrons. The van der Waals surface area contributed by atoms with Crippen molar-refractivity contribution >= 4 is 11.6 Å². The van der Waals surface area contributed by atoms with Gasteiger partial charge in [-0.25, -0.2) is 4.39 Å². The van der Waals surface area contributed by atoms with Crippen LogP contribution in [0.2, 0.25) is 0 Å². The maximum absolute atomic E-state index is 13.3. The summed E-state index contributed by atoms with van der Waals surface area (Å²) in [5, 5.41) is 0.0634. The van der Waals surface area contributed by atoms with Crippen molar-refractivity contribution in [2.75, 3.05) is 0 Å². The summed E-state index contributed by atoms with van der Waals surface area (Å²) in [7, 11) is 0. The topological polar surface area (TPSA) is 0 Å². The third-order valence-electron chi connectivity index (χ3n) is 2.52. The first-order valence-corrected chi connectivity index (χ1v) is 6.05. The molecular weight excluding hydrogens is 211 g/mol. The molecule has 2 heteroatoms. The van der Waals surface area contributed by atoms with Gasteiger partial charge in [0.25, 0.3) is 0 Å². The summed E-state index contributed by atoms with van der Waals surface area (Å²) in [6, 6.07) is 6.86. The van der Waals surface area contributed by atoms with Gasteiger partial charge in [0.1, 0.15) is 5.82 Å². The van der Waals surface area contributed by atoms with E-state index in [-0.39, 0.29) is 11.2 Å². The zero-order valence-corrected chi connectivity index (χ0v) is 9.93. The molecule has 0 aliphatic carbocycles. The van der Waals surface area contributed by atoms with Gasteiger partial charge in [0, 0.05) is 5.38 Å². The summed E-state index contributed by atoms with van der Waals surface area (Å²) in [6.45, 7) is 2.17. The molecule has 1 unspecified atom stereocenters. The Labute approximate surface area is 96.5 Å². The lowest BCUT2D eigenvalue weighted by Crippen LogP contribution is -2.04. The Morgan fingerprint density at radius 1 is 1.27 bits per heavy atom. The highest BCUT2D eigenvalue weighted by Gasteiger charge is 2.08. The fraction of sp³-hybridized carbons (Fsp3) is 0.538. The van der Waals surface area contributed by atoms with E-state index in [0.717, 1.165) is 18.4 Å². The van der Waals surface area contributed by atoms with Crippen LogP contribution in [0.5, 0.6) is 0 Å². The molecule has 0 saturated carbocycles. The van der Waals surface area contributed by atoms with E-state index >= 15 is 0 Å². The Bertz CT molecular complexity index is 286. The maximum Gasteiger partial charge on any atom is 0.126 e. The number of rotatable bonds is 6. The van der Waals surface area contributed by atoms with Crippen molar-refractivity contribution in [2.24, 2.45) is 0 Å². The predicted molar refractivity (Wildman–Crippen MR) is 63.9 cm³/mol. The van der Waals surface area contributed by atoms with Gasteiger partial charge in [-0.15, -0.1) is 11.6 Å². The van der Waals surface area contributed by atoms with E-state index in [1.807, 2.05) is 12.1 Å². The molecule has 0 amide bonds. The van der Waals surface area contributed by atoms with Crippen molar-refractivity contribution in [3.05, 3.63) is 35.6 Å². The minimum absolute atomic E-state index is 0.0634. The second-order valence-electron chi connectivity index (χ2n) is 3.89. The van der Waals surface area contributed by atoms with E-state index in [4.69, 9.17) is 11.6 Å². The summed E-state index contributed by atoms with van der Waals surface area (Å²) < 4.78 is 13.3. The molecule has 0 radical (unpaired) electrons. The Morgan fingerprint density at radius 3 is 2.67 bits per heavy atom. The summed E-state index contributed by atoms with van der Waals surface area (Å²) in [5.41, 5.74) is 0.731. The van der Waals surface area contributed by atoms with Crippen molar-refractivity contribution in [1.29, 1.82) is 0 Å². The standard InChI is InChI=1S/C13H18ClF/c1-2-3-4-8-12(14)10-11-7-5-6-9-13(11)15/h5-7,9,12H,2-4,8,10H2,1H3. The van der Waals surface area contributed by atoms with Crippen LogP contribution in [0.15, 0.2) is 24.3 Å². The molecule has 0 aliphatic rings. The van der Waals surface area contributed by atoms with E-state index in [9.17, 15) is 4.39 Å². The van der Waals surface area contributed by atoms with E-state index in [2.05, 4.69) is 6.92 Å². The molecule has 1 atom stereocenters. The maximum atomic E-state index is 13.3. The lowest BCUT2D eigenvalue weighted by atomic mass is 10.0. The van der Waals surface area contributed by atoms with Gasteiger partial charge >= 0.3 is 0 Å². The summed E-state index contributed by atoms with van der Waals surface area (Å²) in [5.74, 6) is -0.140. The van der Waals surface area contributed by atoms with E-state index in [0.29, 0.717) is 6.42 Å². The minimum Gasteiger partial charge on any atom is -0.207 e. The van der Waals surface area contributed by atoms with Gasteiger partial charge in [-0.2, -0.15) is 0 Å². The summed E-state index contributed by atoms with van der Waals surface area (Å²) >= 11 is 6.16. The lowest BCUT2D eigenvalue weighted by molar-refractivity contribution is 0.590. The molecule has 1 aromatic rings. The van der Waals surface area contributed by atoms with Crippen LogP contribution >= 0.6 is 11.6 Å². The highest BCUT2D eigenvalue weighted by molar-refractivity contribution is 6.20. The van der Waals surface area contributed by atoms with Gasteiger partial charge in [0.2, 0.25) is 0 Å². The van der Waals surface area contributed by atoms with Gasteiger partial charge in [0.05, 0.1) is 0 Å². The Balaban J connectivity index is 2.37. The average molecular weight is 229 g/mol. The van der Waals surface area contributed by atoms with Crippen molar-refractivity contribution in [2.45, 2.75) is 44.4 Å². The molecule has 0 heterocycles. The highest BCUT2D eigenvalue weighted by Crippen LogP contribution is 2.16. The van der Waals surface area contributed by atoms with Gasteiger partial charge in [-0.05, 0) is 24.5 Å². The fourth-order valence-corrected chi connectivity index (χ4v) is 1.94. The number of benzene rings is 1. The quantitative estimate of drug-likeness (QED) is 0.495. The average Bonchev–Trinajstić information content (AvgIpc) is 2.22. The zero-order valence-electron chi connectivity index (χ0n) is 9.18. The van der Waals surface area contributed by atoms with Crippen molar-refractivity contribution in [3.63, 3.8) is 0 Å². The van der Waals surface area contributed by atoms with Crippen LogP contribution in [0.1, 0.15) is 38.2 Å². The molecule has 0 aliphatic heterocycles. The van der Waals surface area contributed by atoms with Crippen LogP contribution < -0.4 is 0 Å². The van der Waals surface area contributed by atoms with Crippen molar-refractivity contribution in [3.8, 4) is 0 Å². The molecule has 0 N–H and O–H groups in total. The van der Waals surface area contributed by atoms with E-state index in [1.165, 1.54) is 18.9 Å². The van der Waals surface area contributed by atoms with Crippen LogP contribution in [-0.4, -0.2) is 5.38 Å². The van der Waals surface area contributed by atoms with Crippen LogP contribution in [-0.2, 0) is 6.42 Å². The molecule has 0 nitrogen and oxygen atoms in total. The number of hydrogen-bond donors (Lipinski definition) is 0. The van der Waals surface area contributed by atoms with Gasteiger partial charge in [-0.3, -0.25) is 0 Å². The Kier molecular flexibility index (Phi) is 5.70. The van der Waals surface area contributed by atoms with Crippen LogP contribution in [0.25, 0.3) is 0 Å². The van der Waals surface area contributed by atoms with Gasteiger partial charge < -0.3 is 0 Å². The first-order chi connectivity index (χ1) is 7.24. The predicted octanol–water partition coefficient (Wildman–Crippen LogP) is 4.56. The summed E-state index contributed by atoms with van der Waals surface area (Å²) in [4.78, 5) is 0. The first-order valence-electron chi connectivity index (χ1n) is 5.61. The van der Waals surface area contributed by atoms with Crippen molar-refractivity contribution in [1.82, 2.24) is 0 Å². The number of halogens is 2. The molecule has 0 saturated heterocycles. The van der Waals surface area contributed by atoms with Gasteiger partial charge in [-0.1, -0.05) is 44.4 Å². The third-order valence-corrected chi connectivity index (χ3v) is 2.89. The highest BCUT2D eigenvalue weighted by atomic mass is 35.5. The normalized spacial score (nSPS) is 12.7. The Hall–Kier alpha value is -0.560. The van der Waals surface area contributed by atoms with Crippen LogP contribution in [0.3, 0.4) is 0 Å². The molecule has 0 fully saturated rings. The molecular formula is C13H18ClF. The number of hydrogen-bond acceptors (Lipinski definition) is 0. The number of unbranched alkanes of at least 4 members (excludes halogenated alkanes) is 2. The summed E-state index contributed by atoms with van der Waals surface area (Å²) in [6.07, 6.45) is 5.16. The van der Waals surface area contributed by atoms with E-state index in [1.54, 1.807) is 6.07 Å². The second kappa shape index (κ2) is 6.84. The monoisotopic (exact) mass is 228 g/mol. The Morgan fingerprint density at radius 2 is 2.00 bits per heavy atom. The molecule has 0 spiro atoms. The second-order valence-corrected chi connectivity index (χ2v) is 4.51. The molecule has 15 heavy (non-hydrogen) atoms. The molecule has 1 rings (SSSR count). The van der Waals surface area contributed by atoms with Crippen LogP contribution in [0.4, 0.5) is 4.39 Å². The van der Waals surface area contributed by atoms with Crippen molar-refractivity contribution < 1.29 is 4.39 Å². The SMILES string of the molecule is CCCCCC(Cl)Cc1ccccc1F. The first kappa shape index (κ1) is 12.5. The van der Waals surface area contributed by atoms with E-state index < -0.39 is 0 Å². The largest absolute Gasteiger partial charge is 0.207 e. The zero-order chi connectivity index (χ0) is 11.1. The number of alkyl halides is 1. The third kappa shape index (κ3) is 4.65.